The van der Waals surface area contributed by atoms with Gasteiger partial charge >= 0.3 is 6.18 Å². The topological polar surface area (TPSA) is 93.2 Å². The Balaban J connectivity index is 1.33. The van der Waals surface area contributed by atoms with Crippen LogP contribution in [0, 0.1) is 5.41 Å². The van der Waals surface area contributed by atoms with E-state index in [0.717, 1.165) is 6.07 Å². The molecule has 1 amide bonds. The monoisotopic (exact) mass is 547 g/mol. The van der Waals surface area contributed by atoms with Crippen molar-refractivity contribution in [1.82, 2.24) is 29.9 Å². The summed E-state index contributed by atoms with van der Waals surface area (Å²) in [5, 5.41) is 8.66. The van der Waals surface area contributed by atoms with E-state index in [1.807, 2.05) is 25.7 Å². The van der Waals surface area contributed by atoms with E-state index in [0.29, 0.717) is 42.0 Å². The van der Waals surface area contributed by atoms with Crippen LogP contribution in [-0.2, 0) is 12.7 Å². The summed E-state index contributed by atoms with van der Waals surface area (Å²) in [6.45, 7) is 7.77. The number of benzene rings is 1. The molecule has 0 saturated carbocycles. The van der Waals surface area contributed by atoms with Gasteiger partial charge in [-0.15, -0.1) is 0 Å². The molecule has 4 aromatic rings. The molecule has 1 aliphatic heterocycles. The van der Waals surface area contributed by atoms with Gasteiger partial charge in [-0.2, -0.15) is 33.1 Å². The highest BCUT2D eigenvalue weighted by Crippen LogP contribution is 2.37. The molecule has 13 heteroatoms. The first-order valence-corrected chi connectivity index (χ1v) is 12.3. The van der Waals surface area contributed by atoms with Gasteiger partial charge < -0.3 is 14.2 Å². The zero-order valence-corrected chi connectivity index (χ0v) is 21.7. The third kappa shape index (κ3) is 5.45. The fourth-order valence-corrected chi connectivity index (χ4v) is 4.40. The molecule has 0 unspecified atom stereocenters. The van der Waals surface area contributed by atoms with Gasteiger partial charge in [-0.25, -0.2) is 4.98 Å². The van der Waals surface area contributed by atoms with Gasteiger partial charge in [0.2, 0.25) is 5.65 Å². The second-order valence-corrected chi connectivity index (χ2v) is 10.7. The number of fused-ring (bicyclic) bond motifs is 1. The molecular weight excluding hydrogens is 523 g/mol. The number of hydrogen-bond donors (Lipinski definition) is 0. The molecule has 0 N–H and O–H groups in total. The summed E-state index contributed by atoms with van der Waals surface area (Å²) in [5.41, 5.74) is -0.272. The molecule has 0 radical (unpaired) electrons. The zero-order valence-electron chi connectivity index (χ0n) is 21.0. The van der Waals surface area contributed by atoms with E-state index in [1.165, 1.54) is 28.0 Å². The second-order valence-electron chi connectivity index (χ2n) is 10.3. The Labute approximate surface area is 221 Å². The Morgan fingerprint density at radius 2 is 1.79 bits per heavy atom. The first kappa shape index (κ1) is 26.0. The third-order valence-corrected chi connectivity index (χ3v) is 6.26. The van der Waals surface area contributed by atoms with Gasteiger partial charge in [-0.05, 0) is 29.7 Å². The van der Waals surface area contributed by atoms with Crippen molar-refractivity contribution in [2.45, 2.75) is 33.5 Å². The average molecular weight is 548 g/mol. The van der Waals surface area contributed by atoms with Gasteiger partial charge in [0.15, 0.2) is 5.58 Å². The number of rotatable bonds is 4. The number of nitrogens with zero attached hydrogens (tertiary/aromatic N) is 7. The van der Waals surface area contributed by atoms with Crippen LogP contribution in [0.3, 0.4) is 0 Å². The predicted octanol–water partition coefficient (Wildman–Crippen LogP) is 5.16. The highest BCUT2D eigenvalue weighted by atomic mass is 35.5. The molecule has 3 aromatic heterocycles. The number of piperazine rings is 1. The van der Waals surface area contributed by atoms with Gasteiger partial charge in [0.25, 0.3) is 11.9 Å². The lowest BCUT2D eigenvalue weighted by Gasteiger charge is -2.34. The van der Waals surface area contributed by atoms with E-state index in [2.05, 4.69) is 20.2 Å². The minimum absolute atomic E-state index is 0.0442. The van der Waals surface area contributed by atoms with Crippen molar-refractivity contribution in [3.63, 3.8) is 0 Å². The summed E-state index contributed by atoms with van der Waals surface area (Å²) in [4.78, 5) is 26.4. The number of hydrogen-bond acceptors (Lipinski definition) is 7. The standard InChI is InChI=1S/C25H25ClF3N7O2/c1-24(2,3)14-36-30-13-18(33-36)16-5-4-15(12-17(16)25(27,28)29)22(37)34-8-10-35(11-9-34)23-32-21-19(38-23)6-7-20(26)31-21/h4-7,12-13H,8-11,14H2,1-3H3. The summed E-state index contributed by atoms with van der Waals surface area (Å²) in [6, 6.07) is 7.21. The van der Waals surface area contributed by atoms with E-state index in [4.69, 9.17) is 16.0 Å². The normalized spacial score (nSPS) is 14.9. The van der Waals surface area contributed by atoms with Gasteiger partial charge in [-0.1, -0.05) is 38.4 Å². The van der Waals surface area contributed by atoms with E-state index in [1.54, 1.807) is 12.1 Å². The number of carbonyl (C=O) groups is 1. The Bertz CT molecular complexity index is 1480. The van der Waals surface area contributed by atoms with Crippen LogP contribution in [0.25, 0.3) is 22.5 Å². The molecule has 0 spiro atoms. The molecule has 1 fully saturated rings. The highest BCUT2D eigenvalue weighted by Gasteiger charge is 2.36. The van der Waals surface area contributed by atoms with E-state index in [-0.39, 0.29) is 35.3 Å². The maximum atomic E-state index is 14.0. The van der Waals surface area contributed by atoms with Crippen LogP contribution in [0.15, 0.2) is 40.9 Å². The molecule has 1 aromatic carbocycles. The molecular formula is C25H25ClF3N7O2. The number of oxazole rings is 1. The Morgan fingerprint density at radius 1 is 1.05 bits per heavy atom. The Hall–Kier alpha value is -3.67. The SMILES string of the molecule is CC(C)(C)Cn1ncc(-c2ccc(C(=O)N3CCN(c4nc5nc(Cl)ccc5o4)CC3)cc2C(F)(F)F)n1. The average Bonchev–Trinajstić information content (AvgIpc) is 3.48. The van der Waals surface area contributed by atoms with Gasteiger partial charge in [0, 0.05) is 37.3 Å². The van der Waals surface area contributed by atoms with Crippen LogP contribution < -0.4 is 4.90 Å². The third-order valence-electron chi connectivity index (χ3n) is 6.05. The van der Waals surface area contributed by atoms with Gasteiger partial charge in [-0.3, -0.25) is 4.79 Å². The van der Waals surface area contributed by atoms with E-state index < -0.39 is 17.6 Å². The maximum absolute atomic E-state index is 14.0. The van der Waals surface area contributed by atoms with Crippen LogP contribution in [0.2, 0.25) is 5.15 Å². The highest BCUT2D eigenvalue weighted by molar-refractivity contribution is 6.29. The number of amides is 1. The van der Waals surface area contributed by atoms with Gasteiger partial charge in [0.1, 0.15) is 10.8 Å². The molecule has 0 bridgehead atoms. The molecule has 1 saturated heterocycles. The van der Waals surface area contributed by atoms with Crippen LogP contribution in [0.4, 0.5) is 19.2 Å². The van der Waals surface area contributed by atoms with Crippen molar-refractivity contribution in [1.29, 1.82) is 0 Å². The van der Waals surface area contributed by atoms with Gasteiger partial charge in [0.05, 0.1) is 18.3 Å². The van der Waals surface area contributed by atoms with Crippen molar-refractivity contribution >= 4 is 34.8 Å². The molecule has 9 nitrogen and oxygen atoms in total. The zero-order chi connectivity index (χ0) is 27.2. The lowest BCUT2D eigenvalue weighted by molar-refractivity contribution is -0.137. The first-order chi connectivity index (χ1) is 17.9. The van der Waals surface area contributed by atoms with E-state index in [9.17, 15) is 18.0 Å². The number of alkyl halides is 3. The minimum atomic E-state index is -4.68. The Morgan fingerprint density at radius 3 is 2.47 bits per heavy atom. The molecule has 1 aliphatic rings. The fraction of sp³-hybridized carbons (Fsp3) is 0.400. The number of anilines is 1. The summed E-state index contributed by atoms with van der Waals surface area (Å²) >= 11 is 5.91. The number of pyridine rings is 1. The Kier molecular flexibility index (Phi) is 6.54. The lowest BCUT2D eigenvalue weighted by Crippen LogP contribution is -2.49. The fourth-order valence-electron chi connectivity index (χ4n) is 4.26. The van der Waals surface area contributed by atoms with E-state index >= 15 is 0 Å². The largest absolute Gasteiger partial charge is 0.422 e. The van der Waals surface area contributed by atoms with Crippen LogP contribution >= 0.6 is 11.6 Å². The quantitative estimate of drug-likeness (QED) is 0.326. The lowest BCUT2D eigenvalue weighted by atomic mass is 9.97. The minimum Gasteiger partial charge on any atom is -0.422 e. The molecule has 38 heavy (non-hydrogen) atoms. The van der Waals surface area contributed by atoms with Crippen molar-refractivity contribution < 1.29 is 22.4 Å². The van der Waals surface area contributed by atoms with Crippen LogP contribution in [0.5, 0.6) is 0 Å². The predicted molar refractivity (Wildman–Crippen MR) is 135 cm³/mol. The molecule has 0 aliphatic carbocycles. The van der Waals surface area contributed by atoms with Crippen LogP contribution in [-0.4, -0.2) is 61.9 Å². The number of carbonyl (C=O) groups excluding carboxylic acids is 1. The number of halogens is 4. The van der Waals surface area contributed by atoms with Crippen molar-refractivity contribution in [3.05, 3.63) is 52.8 Å². The van der Waals surface area contributed by atoms with Crippen molar-refractivity contribution in [2.75, 3.05) is 31.1 Å². The molecule has 4 heterocycles. The smallest absolute Gasteiger partial charge is 0.417 e. The molecule has 200 valence electrons. The maximum Gasteiger partial charge on any atom is 0.417 e. The first-order valence-electron chi connectivity index (χ1n) is 12.0. The summed E-state index contributed by atoms with van der Waals surface area (Å²) in [7, 11) is 0. The number of aromatic nitrogens is 5. The second kappa shape index (κ2) is 9.57. The van der Waals surface area contributed by atoms with Crippen molar-refractivity contribution in [2.24, 2.45) is 5.41 Å². The summed E-state index contributed by atoms with van der Waals surface area (Å²) in [6.07, 6.45) is -3.37. The molecule has 0 atom stereocenters. The summed E-state index contributed by atoms with van der Waals surface area (Å²) in [5.74, 6) is -0.482. The van der Waals surface area contributed by atoms with Crippen LogP contribution in [0.1, 0.15) is 36.7 Å². The summed E-state index contributed by atoms with van der Waals surface area (Å²) < 4.78 is 47.8. The van der Waals surface area contributed by atoms with Crippen molar-refractivity contribution in [3.8, 4) is 11.3 Å². The molecule has 5 rings (SSSR count).